The zero-order valence-corrected chi connectivity index (χ0v) is 12.7. The largest absolute Gasteiger partial charge is 0.330 e. The van der Waals surface area contributed by atoms with Gasteiger partial charge in [0, 0.05) is 24.9 Å². The Hall–Kier alpha value is -0.450. The first-order chi connectivity index (χ1) is 9.24. The first kappa shape index (κ1) is 13.5. The predicted molar refractivity (Wildman–Crippen MR) is 80.1 cm³/mol. The number of aromatic nitrogens is 1. The molecule has 0 spiro atoms. The maximum absolute atomic E-state index is 5.57. The van der Waals surface area contributed by atoms with Crippen LogP contribution in [-0.2, 0) is 13.0 Å². The predicted octanol–water partition coefficient (Wildman–Crippen LogP) is 2.51. The molecule has 2 fully saturated rings. The topological polar surface area (TPSA) is 42.1 Å². The number of nitrogens with two attached hydrogens (primary N) is 1. The van der Waals surface area contributed by atoms with E-state index in [9.17, 15) is 0 Å². The Morgan fingerprint density at radius 2 is 2.32 bits per heavy atom. The molecule has 2 N–H and O–H groups in total. The van der Waals surface area contributed by atoms with Gasteiger partial charge in [0.15, 0.2) is 0 Å². The lowest BCUT2D eigenvalue weighted by Crippen LogP contribution is -2.28. The molecule has 3 atom stereocenters. The van der Waals surface area contributed by atoms with Crippen LogP contribution in [0.5, 0.6) is 0 Å². The van der Waals surface area contributed by atoms with Crippen molar-refractivity contribution in [1.29, 1.82) is 0 Å². The average Bonchev–Trinajstić information content (AvgIpc) is 3.06. The second-order valence-corrected chi connectivity index (χ2v) is 7.35. The average molecular weight is 279 g/mol. The highest BCUT2D eigenvalue weighted by atomic mass is 32.1. The molecular weight excluding hydrogens is 254 g/mol. The number of rotatable bonds is 6. The van der Waals surface area contributed by atoms with Gasteiger partial charge in [0.1, 0.15) is 0 Å². The molecule has 3 nitrogen and oxygen atoms in total. The Bertz CT molecular complexity index is 417. The van der Waals surface area contributed by atoms with Crippen LogP contribution in [0.15, 0.2) is 5.38 Å². The summed E-state index contributed by atoms with van der Waals surface area (Å²) in [5, 5.41) is 3.38. The van der Waals surface area contributed by atoms with E-state index in [2.05, 4.69) is 22.3 Å². The van der Waals surface area contributed by atoms with Crippen LogP contribution in [0.3, 0.4) is 0 Å². The first-order valence-corrected chi connectivity index (χ1v) is 8.44. The van der Waals surface area contributed by atoms with Gasteiger partial charge in [-0.2, -0.15) is 0 Å². The lowest BCUT2D eigenvalue weighted by atomic mass is 9.88. The van der Waals surface area contributed by atoms with Gasteiger partial charge in [-0.15, -0.1) is 11.3 Å². The summed E-state index contributed by atoms with van der Waals surface area (Å²) in [6, 6.07) is 0. The molecule has 3 rings (SSSR count). The molecule has 4 heteroatoms. The third kappa shape index (κ3) is 3.18. The smallest absolute Gasteiger partial charge is 0.0941 e. The van der Waals surface area contributed by atoms with E-state index in [-0.39, 0.29) is 0 Å². The maximum Gasteiger partial charge on any atom is 0.0941 e. The van der Waals surface area contributed by atoms with Gasteiger partial charge in [0.2, 0.25) is 0 Å². The van der Waals surface area contributed by atoms with E-state index in [1.165, 1.54) is 42.9 Å². The van der Waals surface area contributed by atoms with E-state index in [1.807, 2.05) is 0 Å². The van der Waals surface area contributed by atoms with Gasteiger partial charge in [0.05, 0.1) is 10.7 Å². The highest BCUT2D eigenvalue weighted by Crippen LogP contribution is 2.48. The zero-order chi connectivity index (χ0) is 13.2. The molecule has 0 amide bonds. The van der Waals surface area contributed by atoms with Crippen LogP contribution in [0, 0.1) is 17.8 Å². The Morgan fingerprint density at radius 1 is 1.42 bits per heavy atom. The molecule has 1 heterocycles. The normalized spacial score (nSPS) is 29.5. The summed E-state index contributed by atoms with van der Waals surface area (Å²) < 4.78 is 0. The van der Waals surface area contributed by atoms with Gasteiger partial charge in [-0.1, -0.05) is 6.42 Å². The quantitative estimate of drug-likeness (QED) is 0.870. The van der Waals surface area contributed by atoms with Crippen molar-refractivity contribution in [3.63, 3.8) is 0 Å². The van der Waals surface area contributed by atoms with Crippen molar-refractivity contribution < 1.29 is 0 Å². The fourth-order valence-electron chi connectivity index (χ4n) is 4.00. The number of hydrogen-bond acceptors (Lipinski definition) is 4. The van der Waals surface area contributed by atoms with Gasteiger partial charge in [-0.25, -0.2) is 4.98 Å². The summed E-state index contributed by atoms with van der Waals surface area (Å²) in [5.74, 6) is 3.03. The van der Waals surface area contributed by atoms with E-state index in [0.717, 1.165) is 30.7 Å². The second kappa shape index (κ2) is 5.90. The van der Waals surface area contributed by atoms with E-state index >= 15 is 0 Å². The molecule has 19 heavy (non-hydrogen) atoms. The highest BCUT2D eigenvalue weighted by molar-refractivity contribution is 7.09. The van der Waals surface area contributed by atoms with Crippen LogP contribution in [0.1, 0.15) is 36.4 Å². The minimum atomic E-state index is 0.702. The molecule has 1 aromatic heterocycles. The maximum atomic E-state index is 5.57. The Labute approximate surface area is 120 Å². The molecule has 2 aliphatic carbocycles. The van der Waals surface area contributed by atoms with Crippen LogP contribution in [0.4, 0.5) is 0 Å². The highest BCUT2D eigenvalue weighted by Gasteiger charge is 2.39. The van der Waals surface area contributed by atoms with E-state index in [1.54, 1.807) is 11.3 Å². The first-order valence-electron chi connectivity index (χ1n) is 7.56. The van der Waals surface area contributed by atoms with E-state index < -0.39 is 0 Å². The van der Waals surface area contributed by atoms with Crippen molar-refractivity contribution in [2.45, 2.75) is 38.6 Å². The summed E-state index contributed by atoms with van der Waals surface area (Å²) in [6.45, 7) is 2.95. The van der Waals surface area contributed by atoms with Crippen LogP contribution < -0.4 is 5.73 Å². The molecule has 1 aromatic rings. The summed E-state index contributed by atoms with van der Waals surface area (Å²) in [4.78, 5) is 7.12. The lowest BCUT2D eigenvalue weighted by molar-refractivity contribution is 0.213. The van der Waals surface area contributed by atoms with Gasteiger partial charge < -0.3 is 10.6 Å². The molecule has 0 radical (unpaired) electrons. The molecule has 0 aromatic carbocycles. The lowest BCUT2D eigenvalue weighted by Gasteiger charge is -2.26. The van der Waals surface area contributed by atoms with Crippen molar-refractivity contribution in [2.24, 2.45) is 23.5 Å². The number of nitrogens with zero attached hydrogens (tertiary/aromatic N) is 2. The van der Waals surface area contributed by atoms with Crippen LogP contribution in [0.25, 0.3) is 0 Å². The van der Waals surface area contributed by atoms with Crippen molar-refractivity contribution in [3.8, 4) is 0 Å². The van der Waals surface area contributed by atoms with Crippen molar-refractivity contribution in [3.05, 3.63) is 16.1 Å². The monoisotopic (exact) mass is 279 g/mol. The van der Waals surface area contributed by atoms with Gasteiger partial charge in [-0.3, -0.25) is 0 Å². The third-order valence-electron chi connectivity index (χ3n) is 4.82. The van der Waals surface area contributed by atoms with Gasteiger partial charge in [-0.05, 0) is 50.6 Å². The SMILES string of the molecule is CN(Cc1csc(CCN)n1)CC1CC2CCC1C2. The number of thiazole rings is 1. The van der Waals surface area contributed by atoms with E-state index in [0.29, 0.717) is 6.54 Å². The van der Waals surface area contributed by atoms with Gasteiger partial charge >= 0.3 is 0 Å². The standard InChI is InChI=1S/C15H25N3S/c1-18(8-13-7-11-2-3-12(13)6-11)9-14-10-19-15(17-14)4-5-16/h10-13H,2-9,16H2,1H3. The summed E-state index contributed by atoms with van der Waals surface area (Å²) in [7, 11) is 2.24. The molecule has 2 bridgehead atoms. The molecule has 2 saturated carbocycles. The summed E-state index contributed by atoms with van der Waals surface area (Å²) >= 11 is 1.75. The number of hydrogen-bond donors (Lipinski definition) is 1. The molecular formula is C15H25N3S. The Kier molecular flexibility index (Phi) is 4.20. The minimum Gasteiger partial charge on any atom is -0.330 e. The third-order valence-corrected chi connectivity index (χ3v) is 5.78. The van der Waals surface area contributed by atoms with Crippen LogP contribution in [0.2, 0.25) is 0 Å². The number of fused-ring (bicyclic) bond motifs is 2. The molecule has 0 aliphatic heterocycles. The fourth-order valence-corrected chi connectivity index (χ4v) is 4.81. The van der Waals surface area contributed by atoms with Crippen molar-refractivity contribution in [1.82, 2.24) is 9.88 Å². The summed E-state index contributed by atoms with van der Waals surface area (Å²) in [5.41, 5.74) is 6.79. The Balaban J connectivity index is 1.49. The van der Waals surface area contributed by atoms with Crippen molar-refractivity contribution >= 4 is 11.3 Å². The molecule has 0 saturated heterocycles. The Morgan fingerprint density at radius 3 is 3.00 bits per heavy atom. The molecule has 2 aliphatic rings. The van der Waals surface area contributed by atoms with Crippen molar-refractivity contribution in [2.75, 3.05) is 20.1 Å². The van der Waals surface area contributed by atoms with Crippen LogP contribution in [-0.4, -0.2) is 30.0 Å². The van der Waals surface area contributed by atoms with Crippen LogP contribution >= 0.6 is 11.3 Å². The van der Waals surface area contributed by atoms with Gasteiger partial charge in [0.25, 0.3) is 0 Å². The molecule has 106 valence electrons. The summed E-state index contributed by atoms with van der Waals surface area (Å²) in [6.07, 6.45) is 6.89. The minimum absolute atomic E-state index is 0.702. The second-order valence-electron chi connectivity index (χ2n) is 6.40. The zero-order valence-electron chi connectivity index (χ0n) is 11.8. The molecule has 3 unspecified atom stereocenters. The van der Waals surface area contributed by atoms with E-state index in [4.69, 9.17) is 5.73 Å². The fraction of sp³-hybridized carbons (Fsp3) is 0.800.